The highest BCUT2D eigenvalue weighted by molar-refractivity contribution is 5.76. The molecule has 0 aromatic rings. The van der Waals surface area contributed by atoms with E-state index < -0.39 is 11.6 Å². The first-order chi connectivity index (χ1) is 5.76. The monoisotopic (exact) mass is 187 g/mol. The molecule has 0 aromatic heterocycles. The summed E-state index contributed by atoms with van der Waals surface area (Å²) in [5.74, 6) is -1.18. The van der Waals surface area contributed by atoms with Crippen molar-refractivity contribution in [3.05, 3.63) is 0 Å². The number of carboxylic acid groups (broad SMARTS) is 1. The third-order valence-corrected chi connectivity index (χ3v) is 2.67. The van der Waals surface area contributed by atoms with Gasteiger partial charge >= 0.3 is 5.97 Å². The summed E-state index contributed by atoms with van der Waals surface area (Å²) in [5, 5.41) is 21.0. The van der Waals surface area contributed by atoms with Crippen molar-refractivity contribution in [2.75, 3.05) is 6.54 Å². The van der Waals surface area contributed by atoms with E-state index in [0.29, 0.717) is 6.04 Å². The average Bonchev–Trinajstić information content (AvgIpc) is 2.55. The zero-order chi connectivity index (χ0) is 10.3. The maximum Gasteiger partial charge on any atom is 0.336 e. The van der Waals surface area contributed by atoms with Gasteiger partial charge in [0.15, 0.2) is 5.60 Å². The molecule has 0 heterocycles. The van der Waals surface area contributed by atoms with Crippen molar-refractivity contribution in [1.29, 1.82) is 0 Å². The molecule has 2 atom stereocenters. The van der Waals surface area contributed by atoms with E-state index in [1.165, 1.54) is 6.92 Å². The van der Waals surface area contributed by atoms with Gasteiger partial charge < -0.3 is 15.5 Å². The molecule has 0 amide bonds. The second-order valence-corrected chi connectivity index (χ2v) is 4.71. The van der Waals surface area contributed by atoms with Gasteiger partial charge in [0.05, 0.1) is 0 Å². The van der Waals surface area contributed by atoms with Crippen molar-refractivity contribution in [2.24, 2.45) is 5.41 Å². The SMILES string of the molecule is CC(O)(CNC1CC1(C)C)C(=O)O. The Bertz CT molecular complexity index is 223. The Balaban J connectivity index is 2.31. The van der Waals surface area contributed by atoms with Gasteiger partial charge in [-0.1, -0.05) is 13.8 Å². The van der Waals surface area contributed by atoms with Gasteiger partial charge in [-0.2, -0.15) is 0 Å². The molecule has 0 bridgehead atoms. The third kappa shape index (κ3) is 2.42. The minimum Gasteiger partial charge on any atom is -0.479 e. The number of carboxylic acids is 1. The van der Waals surface area contributed by atoms with Gasteiger partial charge in [0.25, 0.3) is 0 Å². The summed E-state index contributed by atoms with van der Waals surface area (Å²) in [6.45, 7) is 5.63. The lowest BCUT2D eigenvalue weighted by Crippen LogP contribution is -2.46. The first kappa shape index (κ1) is 10.5. The Hall–Kier alpha value is -0.610. The summed E-state index contributed by atoms with van der Waals surface area (Å²) in [6, 6.07) is 0.346. The first-order valence-corrected chi connectivity index (χ1v) is 4.45. The van der Waals surface area contributed by atoms with Crippen LogP contribution in [0.5, 0.6) is 0 Å². The summed E-state index contributed by atoms with van der Waals surface area (Å²) in [5.41, 5.74) is -1.40. The summed E-state index contributed by atoms with van der Waals surface area (Å²) in [4.78, 5) is 10.5. The van der Waals surface area contributed by atoms with Gasteiger partial charge in [0, 0.05) is 12.6 Å². The largest absolute Gasteiger partial charge is 0.479 e. The Labute approximate surface area is 78.0 Å². The van der Waals surface area contributed by atoms with E-state index in [2.05, 4.69) is 19.2 Å². The van der Waals surface area contributed by atoms with Crippen LogP contribution in [-0.4, -0.2) is 34.4 Å². The first-order valence-electron chi connectivity index (χ1n) is 4.45. The molecule has 3 N–H and O–H groups in total. The molecule has 0 aliphatic heterocycles. The van der Waals surface area contributed by atoms with Gasteiger partial charge in [-0.05, 0) is 18.8 Å². The van der Waals surface area contributed by atoms with Crippen LogP contribution < -0.4 is 5.32 Å². The van der Waals surface area contributed by atoms with E-state index in [9.17, 15) is 9.90 Å². The molecule has 13 heavy (non-hydrogen) atoms. The molecular formula is C9H17NO3. The normalized spacial score (nSPS) is 29.4. The van der Waals surface area contributed by atoms with E-state index >= 15 is 0 Å². The molecule has 0 radical (unpaired) electrons. The van der Waals surface area contributed by atoms with Crippen LogP contribution >= 0.6 is 0 Å². The fourth-order valence-corrected chi connectivity index (χ4v) is 1.21. The smallest absolute Gasteiger partial charge is 0.336 e. The molecule has 1 saturated carbocycles. The molecular weight excluding hydrogens is 170 g/mol. The van der Waals surface area contributed by atoms with Crippen LogP contribution in [0.15, 0.2) is 0 Å². The number of nitrogens with one attached hydrogen (secondary N) is 1. The molecule has 2 unspecified atom stereocenters. The molecule has 4 nitrogen and oxygen atoms in total. The lowest BCUT2D eigenvalue weighted by molar-refractivity contribution is -0.156. The van der Waals surface area contributed by atoms with Crippen molar-refractivity contribution in [2.45, 2.75) is 38.8 Å². The zero-order valence-corrected chi connectivity index (χ0v) is 8.29. The minimum atomic E-state index is -1.65. The fraction of sp³-hybridized carbons (Fsp3) is 0.889. The molecule has 1 rings (SSSR count). The molecule has 1 aliphatic rings. The molecule has 0 spiro atoms. The highest BCUT2D eigenvalue weighted by Gasteiger charge is 2.46. The van der Waals surface area contributed by atoms with Gasteiger partial charge in [-0.3, -0.25) is 0 Å². The van der Waals surface area contributed by atoms with E-state index in [-0.39, 0.29) is 12.0 Å². The number of rotatable bonds is 4. The maximum absolute atomic E-state index is 10.5. The van der Waals surface area contributed by atoms with Crippen molar-refractivity contribution < 1.29 is 15.0 Å². The highest BCUT2D eigenvalue weighted by atomic mass is 16.4. The van der Waals surface area contributed by atoms with E-state index in [0.717, 1.165) is 6.42 Å². The lowest BCUT2D eigenvalue weighted by Gasteiger charge is -2.18. The molecule has 0 saturated heterocycles. The van der Waals surface area contributed by atoms with Crippen LogP contribution in [-0.2, 0) is 4.79 Å². The number of hydrogen-bond donors (Lipinski definition) is 3. The van der Waals surface area contributed by atoms with E-state index in [1.54, 1.807) is 0 Å². The van der Waals surface area contributed by atoms with Gasteiger partial charge in [-0.25, -0.2) is 4.79 Å². The number of hydrogen-bond acceptors (Lipinski definition) is 3. The lowest BCUT2D eigenvalue weighted by atomic mass is 10.1. The van der Waals surface area contributed by atoms with Crippen LogP contribution in [0.3, 0.4) is 0 Å². The maximum atomic E-state index is 10.5. The van der Waals surface area contributed by atoms with Crippen LogP contribution in [0.4, 0.5) is 0 Å². The number of carbonyl (C=O) groups is 1. The van der Waals surface area contributed by atoms with Crippen molar-refractivity contribution >= 4 is 5.97 Å². The van der Waals surface area contributed by atoms with E-state index in [1.807, 2.05) is 0 Å². The van der Waals surface area contributed by atoms with Crippen LogP contribution in [0.25, 0.3) is 0 Å². The number of aliphatic carboxylic acids is 1. The molecule has 1 fully saturated rings. The van der Waals surface area contributed by atoms with E-state index in [4.69, 9.17) is 5.11 Å². The summed E-state index contributed by atoms with van der Waals surface area (Å²) in [7, 11) is 0. The number of aliphatic hydroxyl groups is 1. The summed E-state index contributed by atoms with van der Waals surface area (Å²) < 4.78 is 0. The predicted octanol–water partition coefficient (Wildman–Crippen LogP) is 0.210. The Morgan fingerprint density at radius 3 is 2.46 bits per heavy atom. The Kier molecular flexibility index (Phi) is 2.38. The Morgan fingerprint density at radius 2 is 2.15 bits per heavy atom. The van der Waals surface area contributed by atoms with Crippen LogP contribution in [0.1, 0.15) is 27.2 Å². The zero-order valence-electron chi connectivity index (χ0n) is 8.29. The second-order valence-electron chi connectivity index (χ2n) is 4.71. The third-order valence-electron chi connectivity index (χ3n) is 2.67. The molecule has 0 aromatic carbocycles. The van der Waals surface area contributed by atoms with Crippen molar-refractivity contribution in [3.63, 3.8) is 0 Å². The topological polar surface area (TPSA) is 69.6 Å². The molecule has 76 valence electrons. The van der Waals surface area contributed by atoms with Gasteiger partial charge in [0.1, 0.15) is 0 Å². The predicted molar refractivity (Wildman–Crippen MR) is 48.4 cm³/mol. The second kappa shape index (κ2) is 2.96. The standard InChI is InChI=1S/C9H17NO3/c1-8(2)4-6(8)10-5-9(3,13)7(11)12/h6,10,13H,4-5H2,1-3H3,(H,11,12). The Morgan fingerprint density at radius 1 is 1.69 bits per heavy atom. The summed E-state index contributed by atoms with van der Waals surface area (Å²) in [6.07, 6.45) is 1.04. The molecule has 1 aliphatic carbocycles. The van der Waals surface area contributed by atoms with Crippen LogP contribution in [0, 0.1) is 5.41 Å². The minimum absolute atomic E-state index is 0.108. The average molecular weight is 187 g/mol. The highest BCUT2D eigenvalue weighted by Crippen LogP contribution is 2.44. The summed E-state index contributed by atoms with van der Waals surface area (Å²) >= 11 is 0. The van der Waals surface area contributed by atoms with Crippen molar-refractivity contribution in [1.82, 2.24) is 5.32 Å². The van der Waals surface area contributed by atoms with Gasteiger partial charge in [0.2, 0.25) is 0 Å². The fourth-order valence-electron chi connectivity index (χ4n) is 1.21. The van der Waals surface area contributed by atoms with Crippen LogP contribution in [0.2, 0.25) is 0 Å². The quantitative estimate of drug-likeness (QED) is 0.588. The van der Waals surface area contributed by atoms with Crippen molar-refractivity contribution in [3.8, 4) is 0 Å². The molecule has 4 heteroatoms. The van der Waals surface area contributed by atoms with Gasteiger partial charge in [-0.15, -0.1) is 0 Å².